The van der Waals surface area contributed by atoms with E-state index in [0.717, 1.165) is 6.07 Å². The molecule has 3 aromatic rings. The van der Waals surface area contributed by atoms with Crippen LogP contribution in [-0.2, 0) is 0 Å². The Morgan fingerprint density at radius 2 is 2.04 bits per heavy atom. The van der Waals surface area contributed by atoms with Gasteiger partial charge in [0.15, 0.2) is 5.43 Å². The van der Waals surface area contributed by atoms with Crippen molar-refractivity contribution >= 4 is 10.9 Å². The molecule has 0 unspecified atom stereocenters. The van der Waals surface area contributed by atoms with E-state index in [0.29, 0.717) is 17.4 Å². The Bertz CT molecular complexity index is 1020. The van der Waals surface area contributed by atoms with Crippen LogP contribution in [0.1, 0.15) is 5.69 Å². The van der Waals surface area contributed by atoms with Crippen LogP contribution in [0.25, 0.3) is 22.2 Å². The number of halogens is 2. The minimum absolute atomic E-state index is 0.0161. The van der Waals surface area contributed by atoms with Gasteiger partial charge in [-0.05, 0) is 12.1 Å². The molecular formula is C16H9F2N3O2. The van der Waals surface area contributed by atoms with Crippen LogP contribution in [0, 0.1) is 23.0 Å². The van der Waals surface area contributed by atoms with Gasteiger partial charge in [0, 0.05) is 17.7 Å². The molecule has 0 bridgehead atoms. The predicted molar refractivity (Wildman–Crippen MR) is 79.0 cm³/mol. The van der Waals surface area contributed by atoms with Crippen molar-refractivity contribution in [2.24, 2.45) is 0 Å². The minimum atomic E-state index is -0.938. The van der Waals surface area contributed by atoms with E-state index in [1.807, 2.05) is 6.07 Å². The molecule has 1 N–H and O–H groups in total. The van der Waals surface area contributed by atoms with Gasteiger partial charge in [0.25, 0.3) is 0 Å². The van der Waals surface area contributed by atoms with Crippen LogP contribution < -0.4 is 10.2 Å². The first-order valence-corrected chi connectivity index (χ1v) is 6.50. The number of aromatic nitrogens is 2. The third kappa shape index (κ3) is 2.51. The number of fused-ring (bicyclic) bond motifs is 1. The van der Waals surface area contributed by atoms with E-state index < -0.39 is 17.1 Å². The zero-order chi connectivity index (χ0) is 16.6. The van der Waals surface area contributed by atoms with Crippen molar-refractivity contribution in [2.75, 3.05) is 7.11 Å². The molecule has 3 rings (SSSR count). The number of hydrogen-bond acceptors (Lipinski definition) is 4. The second-order valence-electron chi connectivity index (χ2n) is 4.74. The summed E-state index contributed by atoms with van der Waals surface area (Å²) in [4.78, 5) is 18.8. The van der Waals surface area contributed by atoms with Crippen molar-refractivity contribution in [3.63, 3.8) is 0 Å². The number of aromatic amines is 1. The Balaban J connectivity index is 2.34. The smallest absolute Gasteiger partial charge is 0.192 e. The number of nitrogens with one attached hydrogen (secondary N) is 1. The number of ether oxygens (including phenoxy) is 1. The lowest BCUT2D eigenvalue weighted by Crippen LogP contribution is -2.06. The molecule has 0 spiro atoms. The number of methoxy groups -OCH3 is 1. The summed E-state index contributed by atoms with van der Waals surface area (Å²) in [5.74, 6) is -1.43. The van der Waals surface area contributed by atoms with Gasteiger partial charge in [0.2, 0.25) is 0 Å². The van der Waals surface area contributed by atoms with Gasteiger partial charge in [-0.2, -0.15) is 5.26 Å². The largest absolute Gasteiger partial charge is 0.494 e. The highest BCUT2D eigenvalue weighted by Gasteiger charge is 2.14. The summed E-state index contributed by atoms with van der Waals surface area (Å²) in [6.45, 7) is 0. The van der Waals surface area contributed by atoms with Gasteiger partial charge in [-0.15, -0.1) is 0 Å². The molecular weight excluding hydrogens is 304 g/mol. The summed E-state index contributed by atoms with van der Waals surface area (Å²) in [5, 5.41) is 8.71. The highest BCUT2D eigenvalue weighted by atomic mass is 19.1. The first-order valence-electron chi connectivity index (χ1n) is 6.50. The quantitative estimate of drug-likeness (QED) is 0.789. The summed E-state index contributed by atoms with van der Waals surface area (Å²) in [6, 6.07) is 6.15. The van der Waals surface area contributed by atoms with Crippen LogP contribution in [0.5, 0.6) is 5.75 Å². The Labute approximate surface area is 128 Å². The maximum atomic E-state index is 13.8. The molecule has 0 radical (unpaired) electrons. The third-order valence-corrected chi connectivity index (χ3v) is 3.34. The second-order valence-corrected chi connectivity index (χ2v) is 4.74. The van der Waals surface area contributed by atoms with Crippen LogP contribution in [0.2, 0.25) is 0 Å². The average molecular weight is 313 g/mol. The number of benzene rings is 1. The van der Waals surface area contributed by atoms with Gasteiger partial charge >= 0.3 is 0 Å². The number of nitriles is 1. The summed E-state index contributed by atoms with van der Waals surface area (Å²) < 4.78 is 32.3. The zero-order valence-corrected chi connectivity index (χ0v) is 11.9. The van der Waals surface area contributed by atoms with E-state index in [2.05, 4.69) is 9.97 Å². The molecule has 0 atom stereocenters. The van der Waals surface area contributed by atoms with Gasteiger partial charge in [-0.3, -0.25) is 4.79 Å². The van der Waals surface area contributed by atoms with Crippen LogP contribution in [-0.4, -0.2) is 17.1 Å². The van der Waals surface area contributed by atoms with E-state index in [1.54, 1.807) is 0 Å². The molecule has 0 aliphatic heterocycles. The van der Waals surface area contributed by atoms with Gasteiger partial charge in [-0.25, -0.2) is 13.8 Å². The summed E-state index contributed by atoms with van der Waals surface area (Å²) in [6.07, 6.45) is 1.34. The minimum Gasteiger partial charge on any atom is -0.494 e. The molecule has 0 saturated carbocycles. The molecule has 114 valence electrons. The molecule has 23 heavy (non-hydrogen) atoms. The number of H-pyrrole nitrogens is 1. The Hall–Kier alpha value is -3.27. The number of rotatable bonds is 2. The van der Waals surface area contributed by atoms with E-state index >= 15 is 0 Å². The molecule has 5 nitrogen and oxygen atoms in total. The lowest BCUT2D eigenvalue weighted by molar-refractivity contribution is 0.414. The summed E-state index contributed by atoms with van der Waals surface area (Å²) in [5.41, 5.74) is 0.184. The van der Waals surface area contributed by atoms with Gasteiger partial charge < -0.3 is 9.72 Å². The Morgan fingerprint density at radius 3 is 2.74 bits per heavy atom. The molecule has 0 aliphatic carbocycles. The highest BCUT2D eigenvalue weighted by molar-refractivity contribution is 5.83. The lowest BCUT2D eigenvalue weighted by atomic mass is 10.1. The molecule has 2 aromatic heterocycles. The fourth-order valence-electron chi connectivity index (χ4n) is 2.33. The highest BCUT2D eigenvalue weighted by Crippen LogP contribution is 2.29. The van der Waals surface area contributed by atoms with Crippen molar-refractivity contribution in [1.29, 1.82) is 5.26 Å². The van der Waals surface area contributed by atoms with Crippen molar-refractivity contribution in [3.8, 4) is 23.1 Å². The summed E-state index contributed by atoms with van der Waals surface area (Å²) >= 11 is 0. The van der Waals surface area contributed by atoms with Crippen LogP contribution in [0.3, 0.4) is 0 Å². The van der Waals surface area contributed by atoms with Crippen LogP contribution in [0.4, 0.5) is 8.78 Å². The number of nitrogens with zero attached hydrogens (tertiary/aromatic N) is 2. The molecule has 0 aliphatic rings. The van der Waals surface area contributed by atoms with E-state index in [-0.39, 0.29) is 22.3 Å². The van der Waals surface area contributed by atoms with Crippen LogP contribution in [0.15, 0.2) is 35.3 Å². The van der Waals surface area contributed by atoms with Crippen molar-refractivity contribution in [2.45, 2.75) is 0 Å². The second kappa shape index (κ2) is 5.50. The molecule has 2 heterocycles. The fraction of sp³-hybridized carbons (Fsp3) is 0.0625. The Morgan fingerprint density at radius 1 is 1.26 bits per heavy atom. The zero-order valence-electron chi connectivity index (χ0n) is 11.9. The third-order valence-electron chi connectivity index (χ3n) is 3.34. The SMILES string of the molecule is COc1cnc(C#N)cc1-c1cc(=O)c2c(F)cc(F)cc2[nH]1. The molecule has 0 fully saturated rings. The predicted octanol–water partition coefficient (Wildman–Crippen LogP) is 2.75. The first kappa shape index (κ1) is 14.7. The van der Waals surface area contributed by atoms with Crippen molar-refractivity contribution < 1.29 is 13.5 Å². The van der Waals surface area contributed by atoms with Gasteiger partial charge in [0.05, 0.1) is 29.9 Å². The van der Waals surface area contributed by atoms with Gasteiger partial charge in [0.1, 0.15) is 29.1 Å². The maximum absolute atomic E-state index is 13.8. The molecule has 0 amide bonds. The monoisotopic (exact) mass is 313 g/mol. The van der Waals surface area contributed by atoms with E-state index in [9.17, 15) is 13.6 Å². The normalized spacial score (nSPS) is 10.5. The fourth-order valence-corrected chi connectivity index (χ4v) is 2.33. The molecule has 7 heteroatoms. The van der Waals surface area contributed by atoms with Crippen molar-refractivity contribution in [1.82, 2.24) is 9.97 Å². The number of pyridine rings is 2. The summed E-state index contributed by atoms with van der Waals surface area (Å²) in [7, 11) is 1.41. The standard InChI is InChI=1S/C16H9F2N3O2/c1-23-15-7-20-9(6-19)4-10(15)12-5-14(22)16-11(18)2-8(17)3-13(16)21-12/h2-5,7H,1H3,(H,21,22). The maximum Gasteiger partial charge on any atom is 0.192 e. The Kier molecular flexibility index (Phi) is 3.50. The van der Waals surface area contributed by atoms with E-state index in [4.69, 9.17) is 10.00 Å². The molecule has 0 saturated heterocycles. The molecule has 1 aromatic carbocycles. The topological polar surface area (TPSA) is 78.8 Å². The van der Waals surface area contributed by atoms with Crippen LogP contribution >= 0.6 is 0 Å². The van der Waals surface area contributed by atoms with Crippen molar-refractivity contribution in [3.05, 3.63) is 58.0 Å². The lowest BCUT2D eigenvalue weighted by Gasteiger charge is -2.10. The first-order chi connectivity index (χ1) is 11.0. The average Bonchev–Trinajstić information content (AvgIpc) is 2.53. The van der Waals surface area contributed by atoms with E-state index in [1.165, 1.54) is 25.4 Å². The number of hydrogen-bond donors (Lipinski definition) is 1. The van der Waals surface area contributed by atoms with Gasteiger partial charge in [-0.1, -0.05) is 0 Å².